The molecule has 1 heterocycles. The van der Waals surface area contributed by atoms with Crippen LogP contribution in [0, 0.1) is 6.92 Å². The first-order chi connectivity index (χ1) is 9.11. The number of nitrogens with zero attached hydrogens (tertiary/aromatic N) is 1. The number of carbonyl (C=O) groups is 1. The fourth-order valence-electron chi connectivity index (χ4n) is 2.34. The van der Waals surface area contributed by atoms with E-state index in [1.807, 2.05) is 17.9 Å². The minimum Gasteiger partial charge on any atom is -0.484 e. The molecule has 0 radical (unpaired) electrons. The van der Waals surface area contributed by atoms with Crippen molar-refractivity contribution in [2.24, 2.45) is 5.73 Å². The number of likely N-dealkylation sites (tertiary alicyclic amines) is 1. The molecule has 0 spiro atoms. The summed E-state index contributed by atoms with van der Waals surface area (Å²) in [5.74, 6) is 0.666. The van der Waals surface area contributed by atoms with Gasteiger partial charge >= 0.3 is 0 Å². The van der Waals surface area contributed by atoms with Gasteiger partial charge in [0.1, 0.15) is 5.75 Å². The maximum Gasteiger partial charge on any atom is 0.260 e. The fourth-order valence-corrected chi connectivity index (χ4v) is 2.46. The van der Waals surface area contributed by atoms with Gasteiger partial charge in [-0.15, -0.1) is 0 Å². The first kappa shape index (κ1) is 14.2. The van der Waals surface area contributed by atoms with Crippen LogP contribution in [-0.4, -0.2) is 36.5 Å². The van der Waals surface area contributed by atoms with Gasteiger partial charge in [0.25, 0.3) is 5.91 Å². The van der Waals surface area contributed by atoms with Crippen molar-refractivity contribution >= 4 is 17.5 Å². The Morgan fingerprint density at radius 3 is 3.05 bits per heavy atom. The van der Waals surface area contributed by atoms with Crippen molar-refractivity contribution in [3.63, 3.8) is 0 Å². The normalized spacial score (nSPS) is 18.7. The Bertz CT molecular complexity index is 465. The van der Waals surface area contributed by atoms with E-state index in [0.717, 1.165) is 24.9 Å². The fraction of sp³-hybridized carbons (Fsp3) is 0.500. The number of aryl methyl sites for hydroxylation is 1. The third kappa shape index (κ3) is 3.39. The number of nitrogens with two attached hydrogens (primary N) is 1. The van der Waals surface area contributed by atoms with E-state index in [4.69, 9.17) is 22.1 Å². The Balaban J connectivity index is 1.91. The molecule has 0 aromatic heterocycles. The number of carbonyl (C=O) groups excluding carboxylic acids is 1. The molecule has 1 atom stereocenters. The summed E-state index contributed by atoms with van der Waals surface area (Å²) < 4.78 is 5.52. The van der Waals surface area contributed by atoms with Gasteiger partial charge in [-0.25, -0.2) is 0 Å². The van der Waals surface area contributed by atoms with Crippen LogP contribution >= 0.6 is 11.6 Å². The number of hydrogen-bond acceptors (Lipinski definition) is 3. The standard InChI is InChI=1S/C14H19ClN2O2/c1-10-7-12(4-5-13(10)15)19-9-14(18)17-6-2-3-11(17)8-16/h4-5,7,11H,2-3,6,8-9,16H2,1H3. The van der Waals surface area contributed by atoms with Gasteiger partial charge in [0, 0.05) is 24.2 Å². The van der Waals surface area contributed by atoms with Gasteiger partial charge < -0.3 is 15.4 Å². The van der Waals surface area contributed by atoms with Crippen LogP contribution in [0.3, 0.4) is 0 Å². The second-order valence-corrected chi connectivity index (χ2v) is 5.23. The summed E-state index contributed by atoms with van der Waals surface area (Å²) in [4.78, 5) is 13.9. The first-order valence-electron chi connectivity index (χ1n) is 6.50. The molecule has 1 saturated heterocycles. The van der Waals surface area contributed by atoms with E-state index in [1.165, 1.54) is 0 Å². The number of rotatable bonds is 4. The van der Waals surface area contributed by atoms with Crippen LogP contribution in [0.15, 0.2) is 18.2 Å². The van der Waals surface area contributed by atoms with E-state index < -0.39 is 0 Å². The van der Waals surface area contributed by atoms with Gasteiger partial charge in [-0.3, -0.25) is 4.79 Å². The van der Waals surface area contributed by atoms with Gasteiger partial charge in [-0.05, 0) is 43.5 Å². The highest BCUT2D eigenvalue weighted by Crippen LogP contribution is 2.21. The predicted octanol–water partition coefficient (Wildman–Crippen LogP) is 1.98. The molecule has 2 N–H and O–H groups in total. The quantitative estimate of drug-likeness (QED) is 0.919. The van der Waals surface area contributed by atoms with E-state index in [-0.39, 0.29) is 18.6 Å². The van der Waals surface area contributed by atoms with Gasteiger partial charge in [-0.1, -0.05) is 11.6 Å². The summed E-state index contributed by atoms with van der Waals surface area (Å²) in [5, 5.41) is 0.696. The maximum atomic E-state index is 12.1. The van der Waals surface area contributed by atoms with Crippen molar-refractivity contribution in [1.82, 2.24) is 4.90 Å². The molecule has 1 aliphatic rings. The SMILES string of the molecule is Cc1cc(OCC(=O)N2CCCC2CN)ccc1Cl. The van der Waals surface area contributed by atoms with E-state index in [1.54, 1.807) is 12.1 Å². The summed E-state index contributed by atoms with van der Waals surface area (Å²) in [6.45, 7) is 3.26. The van der Waals surface area contributed by atoms with Crippen molar-refractivity contribution < 1.29 is 9.53 Å². The summed E-state index contributed by atoms with van der Waals surface area (Å²) in [6, 6.07) is 5.55. The number of amides is 1. The molecule has 19 heavy (non-hydrogen) atoms. The summed E-state index contributed by atoms with van der Waals surface area (Å²) in [5.41, 5.74) is 6.59. The molecule has 0 bridgehead atoms. The zero-order valence-electron chi connectivity index (χ0n) is 11.1. The molecule has 2 rings (SSSR count). The number of benzene rings is 1. The minimum atomic E-state index is 0.000512. The molecule has 1 aromatic carbocycles. The molecule has 1 unspecified atom stereocenters. The number of ether oxygens (including phenoxy) is 1. The molecule has 1 amide bonds. The largest absolute Gasteiger partial charge is 0.484 e. The van der Waals surface area contributed by atoms with E-state index in [9.17, 15) is 4.79 Å². The molecule has 0 saturated carbocycles. The van der Waals surface area contributed by atoms with Crippen molar-refractivity contribution in [2.75, 3.05) is 19.7 Å². The Hall–Kier alpha value is -1.26. The lowest BCUT2D eigenvalue weighted by Gasteiger charge is -2.23. The van der Waals surface area contributed by atoms with Crippen LogP contribution < -0.4 is 10.5 Å². The molecule has 1 aromatic rings. The van der Waals surface area contributed by atoms with Crippen molar-refractivity contribution in [1.29, 1.82) is 0 Å². The van der Waals surface area contributed by atoms with Gasteiger partial charge in [0.05, 0.1) is 0 Å². The smallest absolute Gasteiger partial charge is 0.260 e. The van der Waals surface area contributed by atoms with Gasteiger partial charge in [0.15, 0.2) is 6.61 Å². The topological polar surface area (TPSA) is 55.6 Å². The van der Waals surface area contributed by atoms with Gasteiger partial charge in [0.2, 0.25) is 0 Å². The lowest BCUT2D eigenvalue weighted by Crippen LogP contribution is -2.42. The number of halogens is 1. The molecule has 1 fully saturated rings. The highest BCUT2D eigenvalue weighted by Gasteiger charge is 2.27. The molecule has 104 valence electrons. The second-order valence-electron chi connectivity index (χ2n) is 4.82. The summed E-state index contributed by atoms with van der Waals surface area (Å²) in [6.07, 6.45) is 2.01. The third-order valence-corrected chi connectivity index (χ3v) is 3.89. The average molecular weight is 283 g/mol. The van der Waals surface area contributed by atoms with Crippen LogP contribution in [0.1, 0.15) is 18.4 Å². The van der Waals surface area contributed by atoms with Crippen molar-refractivity contribution in [3.8, 4) is 5.75 Å². The third-order valence-electron chi connectivity index (χ3n) is 3.46. The van der Waals surface area contributed by atoms with Crippen LogP contribution in [0.5, 0.6) is 5.75 Å². The molecule has 5 heteroatoms. The lowest BCUT2D eigenvalue weighted by molar-refractivity contribution is -0.134. The second kappa shape index (κ2) is 6.26. The van der Waals surface area contributed by atoms with Crippen LogP contribution in [0.4, 0.5) is 0 Å². The zero-order valence-corrected chi connectivity index (χ0v) is 11.8. The predicted molar refractivity (Wildman–Crippen MR) is 75.5 cm³/mol. The van der Waals surface area contributed by atoms with Crippen LogP contribution in [0.25, 0.3) is 0 Å². The Morgan fingerprint density at radius 2 is 2.37 bits per heavy atom. The summed E-state index contributed by atoms with van der Waals surface area (Å²) >= 11 is 5.94. The van der Waals surface area contributed by atoms with Crippen molar-refractivity contribution in [3.05, 3.63) is 28.8 Å². The number of hydrogen-bond donors (Lipinski definition) is 1. The highest BCUT2D eigenvalue weighted by atomic mass is 35.5. The molecule has 0 aliphatic carbocycles. The molecule has 4 nitrogen and oxygen atoms in total. The van der Waals surface area contributed by atoms with Crippen LogP contribution in [-0.2, 0) is 4.79 Å². The maximum absolute atomic E-state index is 12.1. The van der Waals surface area contributed by atoms with E-state index in [2.05, 4.69) is 0 Å². The van der Waals surface area contributed by atoms with Gasteiger partial charge in [-0.2, -0.15) is 0 Å². The molecular weight excluding hydrogens is 264 g/mol. The summed E-state index contributed by atoms with van der Waals surface area (Å²) in [7, 11) is 0. The molecular formula is C14H19ClN2O2. The minimum absolute atomic E-state index is 0.000512. The molecule has 1 aliphatic heterocycles. The van der Waals surface area contributed by atoms with E-state index >= 15 is 0 Å². The van der Waals surface area contributed by atoms with E-state index in [0.29, 0.717) is 17.3 Å². The van der Waals surface area contributed by atoms with Crippen molar-refractivity contribution in [2.45, 2.75) is 25.8 Å². The highest BCUT2D eigenvalue weighted by molar-refractivity contribution is 6.31. The first-order valence-corrected chi connectivity index (χ1v) is 6.88. The Kier molecular flexibility index (Phi) is 4.66. The zero-order chi connectivity index (χ0) is 13.8. The Labute approximate surface area is 118 Å². The van der Waals surface area contributed by atoms with Crippen LogP contribution in [0.2, 0.25) is 5.02 Å². The average Bonchev–Trinajstić information content (AvgIpc) is 2.88. The lowest BCUT2D eigenvalue weighted by atomic mass is 10.2. The Morgan fingerprint density at radius 1 is 1.58 bits per heavy atom. The monoisotopic (exact) mass is 282 g/mol.